The SMILES string of the molecule is CC(=O)Nc1cc(-c2nc(C(O)c3ccc(Cl)cc3)c(-c3ncc[nH]3)s2)ccn1. The number of hydrogen-bond acceptors (Lipinski definition) is 6. The van der Waals surface area contributed by atoms with Gasteiger partial charge in [-0.15, -0.1) is 11.3 Å². The minimum Gasteiger partial charge on any atom is -0.382 e. The summed E-state index contributed by atoms with van der Waals surface area (Å²) >= 11 is 7.36. The second-order valence-corrected chi connectivity index (χ2v) is 7.67. The number of aromatic amines is 1. The van der Waals surface area contributed by atoms with Crippen LogP contribution in [0.4, 0.5) is 5.82 Å². The lowest BCUT2D eigenvalue weighted by Crippen LogP contribution is -2.07. The highest BCUT2D eigenvalue weighted by Crippen LogP contribution is 2.39. The number of H-pyrrole nitrogens is 1. The van der Waals surface area contributed by atoms with Crippen LogP contribution < -0.4 is 5.32 Å². The van der Waals surface area contributed by atoms with E-state index in [-0.39, 0.29) is 5.91 Å². The Bertz CT molecular complexity index is 1140. The van der Waals surface area contributed by atoms with E-state index < -0.39 is 6.10 Å². The number of nitrogens with zero attached hydrogens (tertiary/aromatic N) is 3. The molecule has 146 valence electrons. The predicted octanol–water partition coefficient (Wildman–Crippen LogP) is 4.29. The highest BCUT2D eigenvalue weighted by molar-refractivity contribution is 7.18. The molecule has 0 fully saturated rings. The largest absolute Gasteiger partial charge is 0.382 e. The number of nitrogens with one attached hydrogen (secondary N) is 2. The summed E-state index contributed by atoms with van der Waals surface area (Å²) < 4.78 is 0. The van der Waals surface area contributed by atoms with E-state index in [1.54, 1.807) is 55.0 Å². The quantitative estimate of drug-likeness (QED) is 0.442. The van der Waals surface area contributed by atoms with Crippen molar-refractivity contribution in [2.75, 3.05) is 5.32 Å². The Morgan fingerprint density at radius 1 is 1.21 bits per heavy atom. The molecule has 0 aliphatic rings. The number of imidazole rings is 1. The van der Waals surface area contributed by atoms with E-state index in [0.717, 1.165) is 10.4 Å². The molecule has 1 aromatic carbocycles. The monoisotopic (exact) mass is 425 g/mol. The zero-order valence-corrected chi connectivity index (χ0v) is 16.8. The molecular formula is C20H16ClN5O2S. The number of amides is 1. The Labute approximate surface area is 175 Å². The maximum absolute atomic E-state index is 11.3. The molecule has 3 aromatic heterocycles. The van der Waals surface area contributed by atoms with Crippen LogP contribution in [0.2, 0.25) is 5.02 Å². The first-order valence-electron chi connectivity index (χ1n) is 8.69. The highest BCUT2D eigenvalue weighted by Gasteiger charge is 2.23. The van der Waals surface area contributed by atoms with Crippen molar-refractivity contribution >= 4 is 34.7 Å². The molecule has 0 bridgehead atoms. The fraction of sp³-hybridized carbons (Fsp3) is 0.100. The molecule has 0 radical (unpaired) electrons. The van der Waals surface area contributed by atoms with Gasteiger partial charge >= 0.3 is 0 Å². The van der Waals surface area contributed by atoms with Gasteiger partial charge in [0, 0.05) is 36.1 Å². The minimum absolute atomic E-state index is 0.205. The summed E-state index contributed by atoms with van der Waals surface area (Å²) in [5, 5.41) is 14.9. The van der Waals surface area contributed by atoms with Gasteiger partial charge in [-0.25, -0.2) is 15.0 Å². The lowest BCUT2D eigenvalue weighted by atomic mass is 10.1. The first-order valence-corrected chi connectivity index (χ1v) is 9.88. The summed E-state index contributed by atoms with van der Waals surface area (Å²) in [5.74, 6) is 0.848. The number of anilines is 1. The van der Waals surface area contributed by atoms with E-state index in [9.17, 15) is 9.90 Å². The molecule has 3 heterocycles. The Kier molecular flexibility index (Phi) is 5.39. The molecule has 1 atom stereocenters. The topological polar surface area (TPSA) is 104 Å². The van der Waals surface area contributed by atoms with E-state index in [1.165, 1.54) is 18.3 Å². The third-order valence-electron chi connectivity index (χ3n) is 4.12. The number of aromatic nitrogens is 4. The highest BCUT2D eigenvalue weighted by atomic mass is 35.5. The number of benzene rings is 1. The number of hydrogen-bond donors (Lipinski definition) is 3. The van der Waals surface area contributed by atoms with Gasteiger partial charge in [0.1, 0.15) is 22.8 Å². The van der Waals surface area contributed by atoms with Crippen LogP contribution in [0, 0.1) is 0 Å². The van der Waals surface area contributed by atoms with Gasteiger partial charge in [0.05, 0.1) is 10.6 Å². The molecular weight excluding hydrogens is 410 g/mol. The van der Waals surface area contributed by atoms with E-state index in [4.69, 9.17) is 16.6 Å². The Morgan fingerprint density at radius 2 is 2.00 bits per heavy atom. The third-order valence-corrected chi connectivity index (χ3v) is 5.50. The maximum atomic E-state index is 11.3. The Balaban J connectivity index is 1.78. The molecule has 1 amide bonds. The molecule has 0 aliphatic heterocycles. The van der Waals surface area contributed by atoms with Crippen molar-refractivity contribution in [1.82, 2.24) is 19.9 Å². The van der Waals surface area contributed by atoms with Crippen molar-refractivity contribution in [1.29, 1.82) is 0 Å². The number of carbonyl (C=O) groups excluding carboxylic acids is 1. The first kappa shape index (κ1) is 19.3. The zero-order chi connectivity index (χ0) is 20.4. The maximum Gasteiger partial charge on any atom is 0.222 e. The van der Waals surface area contributed by atoms with Crippen LogP contribution in [-0.4, -0.2) is 30.9 Å². The second-order valence-electron chi connectivity index (χ2n) is 6.24. The Hall–Kier alpha value is -3.07. The number of aliphatic hydroxyl groups excluding tert-OH is 1. The van der Waals surface area contributed by atoms with Crippen LogP contribution in [-0.2, 0) is 4.79 Å². The number of thiazole rings is 1. The normalized spacial score (nSPS) is 12.0. The molecule has 4 rings (SSSR count). The molecule has 0 saturated heterocycles. The van der Waals surface area contributed by atoms with Crippen molar-refractivity contribution in [3.8, 4) is 21.3 Å². The third kappa shape index (κ3) is 4.19. The number of carbonyl (C=O) groups is 1. The van der Waals surface area contributed by atoms with E-state index in [1.807, 2.05) is 0 Å². The average molecular weight is 426 g/mol. The lowest BCUT2D eigenvalue weighted by Gasteiger charge is -2.10. The number of pyridine rings is 1. The van der Waals surface area contributed by atoms with Crippen LogP contribution in [0.1, 0.15) is 24.3 Å². The van der Waals surface area contributed by atoms with Gasteiger partial charge in [-0.1, -0.05) is 23.7 Å². The fourth-order valence-corrected chi connectivity index (χ4v) is 3.99. The van der Waals surface area contributed by atoms with Gasteiger partial charge in [-0.3, -0.25) is 4.79 Å². The van der Waals surface area contributed by atoms with E-state index in [0.29, 0.717) is 32.9 Å². The number of aliphatic hydroxyl groups is 1. The molecule has 0 aliphatic carbocycles. The van der Waals surface area contributed by atoms with Gasteiger partial charge in [0.25, 0.3) is 0 Å². The number of halogens is 1. The smallest absolute Gasteiger partial charge is 0.222 e. The molecule has 4 aromatic rings. The molecule has 7 nitrogen and oxygen atoms in total. The van der Waals surface area contributed by atoms with Gasteiger partial charge in [0.2, 0.25) is 5.91 Å². The Morgan fingerprint density at radius 3 is 2.69 bits per heavy atom. The molecule has 9 heteroatoms. The van der Waals surface area contributed by atoms with Crippen molar-refractivity contribution in [3.05, 3.63) is 71.3 Å². The first-order chi connectivity index (χ1) is 14.0. The second kappa shape index (κ2) is 8.12. The average Bonchev–Trinajstić information content (AvgIpc) is 3.37. The summed E-state index contributed by atoms with van der Waals surface area (Å²) in [6, 6.07) is 10.5. The van der Waals surface area contributed by atoms with E-state index >= 15 is 0 Å². The summed E-state index contributed by atoms with van der Waals surface area (Å²) in [7, 11) is 0. The summed E-state index contributed by atoms with van der Waals surface area (Å²) in [6.07, 6.45) is 4.02. The molecule has 3 N–H and O–H groups in total. The molecule has 1 unspecified atom stereocenters. The van der Waals surface area contributed by atoms with Crippen molar-refractivity contribution in [3.63, 3.8) is 0 Å². The standard InChI is InChI=1S/C20H16ClN5O2S/c1-11(27)25-15-10-13(6-7-22-15)20-26-16(18(29-20)19-23-8-9-24-19)17(28)12-2-4-14(21)5-3-12/h2-10,17,28H,1H3,(H,23,24)(H,22,25,27). The van der Waals surface area contributed by atoms with Gasteiger partial charge in [-0.05, 0) is 29.8 Å². The van der Waals surface area contributed by atoms with Crippen LogP contribution in [0.5, 0.6) is 0 Å². The zero-order valence-electron chi connectivity index (χ0n) is 15.3. The minimum atomic E-state index is -0.950. The molecule has 0 spiro atoms. The van der Waals surface area contributed by atoms with Gasteiger partial charge in [-0.2, -0.15) is 0 Å². The summed E-state index contributed by atoms with van der Waals surface area (Å²) in [6.45, 7) is 1.42. The van der Waals surface area contributed by atoms with Crippen LogP contribution >= 0.6 is 22.9 Å². The van der Waals surface area contributed by atoms with E-state index in [2.05, 4.69) is 20.3 Å². The van der Waals surface area contributed by atoms with Gasteiger partial charge in [0.15, 0.2) is 0 Å². The summed E-state index contributed by atoms with van der Waals surface area (Å²) in [4.78, 5) is 28.3. The molecule has 0 saturated carbocycles. The van der Waals surface area contributed by atoms with Crippen molar-refractivity contribution in [2.45, 2.75) is 13.0 Å². The number of rotatable bonds is 5. The van der Waals surface area contributed by atoms with Crippen LogP contribution in [0.3, 0.4) is 0 Å². The molecule has 29 heavy (non-hydrogen) atoms. The van der Waals surface area contributed by atoms with Crippen molar-refractivity contribution < 1.29 is 9.90 Å². The van der Waals surface area contributed by atoms with Crippen molar-refractivity contribution in [2.24, 2.45) is 0 Å². The van der Waals surface area contributed by atoms with Crippen LogP contribution in [0.25, 0.3) is 21.3 Å². The van der Waals surface area contributed by atoms with Crippen LogP contribution in [0.15, 0.2) is 55.0 Å². The fourth-order valence-electron chi connectivity index (χ4n) is 2.82. The van der Waals surface area contributed by atoms with Gasteiger partial charge < -0.3 is 15.4 Å². The predicted molar refractivity (Wildman–Crippen MR) is 113 cm³/mol. The summed E-state index contributed by atoms with van der Waals surface area (Å²) in [5.41, 5.74) is 1.93. The lowest BCUT2D eigenvalue weighted by molar-refractivity contribution is -0.114.